The lowest BCUT2D eigenvalue weighted by Crippen LogP contribution is -2.60. The number of carbonyl (C=O) groups is 1. The quantitative estimate of drug-likeness (QED) is 0.861. The van der Waals surface area contributed by atoms with E-state index in [9.17, 15) is 13.2 Å². The SMILES string of the molecule is CC1(C(=O)NC2Cc3ccccc3C2)CN(S(C)(=O)=O)CCO1. The second kappa shape index (κ2) is 5.89. The van der Waals surface area contributed by atoms with Gasteiger partial charge in [0.2, 0.25) is 10.0 Å². The fourth-order valence-electron chi connectivity index (χ4n) is 3.25. The van der Waals surface area contributed by atoms with Gasteiger partial charge in [0.15, 0.2) is 5.60 Å². The van der Waals surface area contributed by atoms with Gasteiger partial charge in [0.25, 0.3) is 5.91 Å². The maximum absolute atomic E-state index is 12.6. The summed E-state index contributed by atoms with van der Waals surface area (Å²) in [6.07, 6.45) is 2.76. The number of sulfonamides is 1. The highest BCUT2D eigenvalue weighted by Crippen LogP contribution is 2.24. The van der Waals surface area contributed by atoms with Gasteiger partial charge in [-0.3, -0.25) is 4.79 Å². The van der Waals surface area contributed by atoms with Crippen LogP contribution >= 0.6 is 0 Å². The van der Waals surface area contributed by atoms with Gasteiger partial charge < -0.3 is 10.1 Å². The van der Waals surface area contributed by atoms with Crippen LogP contribution in [0, 0.1) is 0 Å². The van der Waals surface area contributed by atoms with Gasteiger partial charge in [-0.1, -0.05) is 24.3 Å². The summed E-state index contributed by atoms with van der Waals surface area (Å²) < 4.78 is 30.4. The van der Waals surface area contributed by atoms with Crippen molar-refractivity contribution >= 4 is 15.9 Å². The van der Waals surface area contributed by atoms with Gasteiger partial charge in [0.05, 0.1) is 19.4 Å². The molecule has 1 amide bonds. The largest absolute Gasteiger partial charge is 0.363 e. The molecule has 0 bridgehead atoms. The van der Waals surface area contributed by atoms with E-state index in [0.717, 1.165) is 19.1 Å². The van der Waals surface area contributed by atoms with Crippen LogP contribution in [0.1, 0.15) is 18.1 Å². The second-order valence-corrected chi connectivity index (χ2v) is 8.51. The predicted molar refractivity (Wildman–Crippen MR) is 86.6 cm³/mol. The predicted octanol–water partition coefficient (Wildman–Crippen LogP) is 0.321. The highest BCUT2D eigenvalue weighted by molar-refractivity contribution is 7.88. The number of amides is 1. The molecule has 1 aromatic carbocycles. The van der Waals surface area contributed by atoms with E-state index in [2.05, 4.69) is 17.4 Å². The van der Waals surface area contributed by atoms with Gasteiger partial charge in [-0.2, -0.15) is 4.31 Å². The normalized spacial score (nSPS) is 26.0. The molecule has 1 aromatic rings. The molecule has 7 heteroatoms. The van der Waals surface area contributed by atoms with Crippen molar-refractivity contribution in [3.05, 3.63) is 35.4 Å². The summed E-state index contributed by atoms with van der Waals surface area (Å²) in [4.78, 5) is 12.6. The van der Waals surface area contributed by atoms with E-state index in [4.69, 9.17) is 4.74 Å². The molecule has 2 aliphatic rings. The molecule has 1 heterocycles. The Hall–Kier alpha value is -1.44. The Morgan fingerprint density at radius 1 is 1.30 bits per heavy atom. The third kappa shape index (κ3) is 3.41. The van der Waals surface area contributed by atoms with E-state index < -0.39 is 15.6 Å². The molecule has 1 saturated heterocycles. The van der Waals surface area contributed by atoms with Crippen LogP contribution in [0.2, 0.25) is 0 Å². The zero-order chi connectivity index (χ0) is 16.7. The Morgan fingerprint density at radius 3 is 2.48 bits per heavy atom. The molecule has 1 N–H and O–H groups in total. The molecular weight excluding hydrogens is 316 g/mol. The topological polar surface area (TPSA) is 75.7 Å². The molecule has 1 fully saturated rings. The minimum atomic E-state index is -3.33. The molecule has 1 unspecified atom stereocenters. The zero-order valence-electron chi connectivity index (χ0n) is 13.4. The summed E-state index contributed by atoms with van der Waals surface area (Å²) in [5, 5.41) is 3.02. The molecule has 1 atom stereocenters. The highest BCUT2D eigenvalue weighted by Gasteiger charge is 2.42. The van der Waals surface area contributed by atoms with Crippen molar-refractivity contribution in [2.75, 3.05) is 26.0 Å². The summed E-state index contributed by atoms with van der Waals surface area (Å²) >= 11 is 0. The average Bonchev–Trinajstić information content (AvgIpc) is 2.88. The summed E-state index contributed by atoms with van der Waals surface area (Å²) in [7, 11) is -3.33. The van der Waals surface area contributed by atoms with Crippen LogP contribution in [0.5, 0.6) is 0 Å². The van der Waals surface area contributed by atoms with E-state index in [-0.39, 0.29) is 31.6 Å². The van der Waals surface area contributed by atoms with Gasteiger partial charge >= 0.3 is 0 Å². The van der Waals surface area contributed by atoms with Crippen molar-refractivity contribution in [2.24, 2.45) is 0 Å². The molecule has 23 heavy (non-hydrogen) atoms. The molecule has 1 aliphatic heterocycles. The van der Waals surface area contributed by atoms with Gasteiger partial charge in [0, 0.05) is 12.6 Å². The fourth-order valence-corrected chi connectivity index (χ4v) is 4.14. The maximum Gasteiger partial charge on any atom is 0.253 e. The first kappa shape index (κ1) is 16.4. The Labute approximate surface area is 136 Å². The number of nitrogens with one attached hydrogen (secondary N) is 1. The lowest BCUT2D eigenvalue weighted by Gasteiger charge is -2.38. The third-order valence-electron chi connectivity index (χ3n) is 4.57. The monoisotopic (exact) mass is 338 g/mol. The van der Waals surface area contributed by atoms with Crippen LogP contribution in [0.15, 0.2) is 24.3 Å². The van der Waals surface area contributed by atoms with Gasteiger partial charge in [-0.05, 0) is 30.9 Å². The van der Waals surface area contributed by atoms with Crippen LogP contribution in [-0.2, 0) is 32.4 Å². The molecule has 0 saturated carbocycles. The molecule has 6 nitrogen and oxygen atoms in total. The average molecular weight is 338 g/mol. The van der Waals surface area contributed by atoms with Gasteiger partial charge in [-0.15, -0.1) is 0 Å². The molecule has 126 valence electrons. The Balaban J connectivity index is 1.66. The first-order chi connectivity index (χ1) is 10.8. The van der Waals surface area contributed by atoms with Gasteiger partial charge in [-0.25, -0.2) is 8.42 Å². The Bertz CT molecular complexity index is 694. The summed E-state index contributed by atoms with van der Waals surface area (Å²) in [5.74, 6) is -0.247. The number of ether oxygens (including phenoxy) is 1. The second-order valence-electron chi connectivity index (χ2n) is 6.52. The molecular formula is C16H22N2O4S. The number of benzene rings is 1. The number of fused-ring (bicyclic) bond motifs is 1. The standard InChI is InChI=1S/C16H22N2O4S/c1-16(11-18(7-8-22-16)23(2,20)21)15(19)17-14-9-12-5-3-4-6-13(12)10-14/h3-6,14H,7-11H2,1-2H3,(H,17,19). The van der Waals surface area contributed by atoms with E-state index in [1.165, 1.54) is 15.4 Å². The van der Waals surface area contributed by atoms with Crippen LogP contribution in [0.25, 0.3) is 0 Å². The Morgan fingerprint density at radius 2 is 1.91 bits per heavy atom. The Kier molecular flexibility index (Phi) is 4.20. The van der Waals surface area contributed by atoms with E-state index in [1.807, 2.05) is 12.1 Å². The summed E-state index contributed by atoms with van der Waals surface area (Å²) in [5.41, 5.74) is 1.37. The first-order valence-corrected chi connectivity index (χ1v) is 9.60. The van der Waals surface area contributed by atoms with Crippen LogP contribution < -0.4 is 5.32 Å². The lowest BCUT2D eigenvalue weighted by molar-refractivity contribution is -0.152. The number of hydrogen-bond donors (Lipinski definition) is 1. The minimum Gasteiger partial charge on any atom is -0.363 e. The van der Waals surface area contributed by atoms with E-state index in [0.29, 0.717) is 0 Å². The van der Waals surface area contributed by atoms with E-state index in [1.54, 1.807) is 6.92 Å². The number of carbonyl (C=O) groups excluding carboxylic acids is 1. The molecule has 1 aliphatic carbocycles. The maximum atomic E-state index is 12.6. The van der Waals surface area contributed by atoms with Gasteiger partial charge in [0.1, 0.15) is 0 Å². The zero-order valence-corrected chi connectivity index (χ0v) is 14.2. The smallest absolute Gasteiger partial charge is 0.253 e. The highest BCUT2D eigenvalue weighted by atomic mass is 32.2. The van der Waals surface area contributed by atoms with Crippen molar-refractivity contribution in [2.45, 2.75) is 31.4 Å². The minimum absolute atomic E-state index is 0.0361. The summed E-state index contributed by atoms with van der Waals surface area (Å²) in [6.45, 7) is 2.22. The third-order valence-corrected chi connectivity index (χ3v) is 5.82. The van der Waals surface area contributed by atoms with Crippen molar-refractivity contribution in [3.63, 3.8) is 0 Å². The molecule has 0 spiro atoms. The lowest BCUT2D eigenvalue weighted by atomic mass is 10.0. The molecule has 0 aromatic heterocycles. The number of rotatable bonds is 3. The van der Waals surface area contributed by atoms with Crippen LogP contribution in [0.4, 0.5) is 0 Å². The first-order valence-electron chi connectivity index (χ1n) is 7.75. The van der Waals surface area contributed by atoms with E-state index >= 15 is 0 Å². The van der Waals surface area contributed by atoms with Crippen LogP contribution in [-0.4, -0.2) is 56.2 Å². The summed E-state index contributed by atoms with van der Waals surface area (Å²) in [6, 6.07) is 8.18. The van der Waals surface area contributed by atoms with Crippen LogP contribution in [0.3, 0.4) is 0 Å². The number of morpholine rings is 1. The molecule has 3 rings (SSSR count). The number of nitrogens with zero attached hydrogens (tertiary/aromatic N) is 1. The fraction of sp³-hybridized carbons (Fsp3) is 0.562. The van der Waals surface area contributed by atoms with Crippen molar-refractivity contribution in [1.82, 2.24) is 9.62 Å². The van der Waals surface area contributed by atoms with Crippen molar-refractivity contribution in [1.29, 1.82) is 0 Å². The van der Waals surface area contributed by atoms with Crippen molar-refractivity contribution < 1.29 is 17.9 Å². The van der Waals surface area contributed by atoms with Crippen molar-refractivity contribution in [3.8, 4) is 0 Å². The molecule has 0 radical (unpaired) electrons. The number of hydrogen-bond acceptors (Lipinski definition) is 4.